The Morgan fingerprint density at radius 2 is 2.14 bits per heavy atom. The van der Waals surface area contributed by atoms with Crippen LogP contribution in [0.4, 0.5) is 5.82 Å². The smallest absolute Gasteiger partial charge is 0.239 e. The topological polar surface area (TPSA) is 90.0 Å². The summed E-state index contributed by atoms with van der Waals surface area (Å²) in [6, 6.07) is 9.69. The van der Waals surface area contributed by atoms with Crippen LogP contribution in [0.1, 0.15) is 24.0 Å². The second-order valence-electron chi connectivity index (χ2n) is 5.77. The highest BCUT2D eigenvalue weighted by Crippen LogP contribution is 2.49. The summed E-state index contributed by atoms with van der Waals surface area (Å²) in [7, 11) is 0. The fraction of sp³-hybridized carbons (Fsp3) is 0.312. The van der Waals surface area contributed by atoms with Crippen molar-refractivity contribution in [1.82, 2.24) is 9.78 Å². The Morgan fingerprint density at radius 1 is 1.36 bits per heavy atom. The van der Waals surface area contributed by atoms with Gasteiger partial charge >= 0.3 is 0 Å². The van der Waals surface area contributed by atoms with E-state index in [1.54, 1.807) is 12.3 Å². The van der Waals surface area contributed by atoms with Gasteiger partial charge in [-0.15, -0.1) is 0 Å². The molecule has 1 aromatic carbocycles. The third-order valence-electron chi connectivity index (χ3n) is 3.96. The predicted octanol–water partition coefficient (Wildman–Crippen LogP) is 1.35. The molecule has 2 amide bonds. The van der Waals surface area contributed by atoms with Gasteiger partial charge in [0.1, 0.15) is 6.54 Å². The molecule has 6 nitrogen and oxygen atoms in total. The summed E-state index contributed by atoms with van der Waals surface area (Å²) in [6.45, 7) is 2.02. The Morgan fingerprint density at radius 3 is 2.77 bits per heavy atom. The van der Waals surface area contributed by atoms with Crippen LogP contribution in [0.3, 0.4) is 0 Å². The van der Waals surface area contributed by atoms with Gasteiger partial charge in [0.25, 0.3) is 0 Å². The molecule has 1 aliphatic carbocycles. The lowest BCUT2D eigenvalue weighted by Crippen LogP contribution is -2.28. The molecule has 2 aromatic rings. The summed E-state index contributed by atoms with van der Waals surface area (Å²) in [5, 5.41) is 6.96. The second kappa shape index (κ2) is 5.29. The van der Waals surface area contributed by atoms with E-state index in [9.17, 15) is 9.59 Å². The van der Waals surface area contributed by atoms with Crippen molar-refractivity contribution in [3.8, 4) is 0 Å². The van der Waals surface area contributed by atoms with E-state index in [-0.39, 0.29) is 12.5 Å². The normalized spacial score (nSPS) is 15.3. The van der Waals surface area contributed by atoms with E-state index in [0.29, 0.717) is 5.82 Å². The van der Waals surface area contributed by atoms with Crippen LogP contribution in [-0.4, -0.2) is 21.6 Å². The quantitative estimate of drug-likeness (QED) is 0.873. The zero-order valence-electron chi connectivity index (χ0n) is 12.4. The first-order chi connectivity index (χ1) is 10.5. The number of nitrogens with one attached hydrogen (secondary N) is 1. The Labute approximate surface area is 128 Å². The lowest BCUT2D eigenvalue weighted by atomic mass is 9.93. The average molecular weight is 298 g/mol. The maximum absolute atomic E-state index is 12.6. The number of rotatable bonds is 5. The van der Waals surface area contributed by atoms with Crippen molar-refractivity contribution in [2.45, 2.75) is 31.7 Å². The third-order valence-corrected chi connectivity index (χ3v) is 3.96. The van der Waals surface area contributed by atoms with Gasteiger partial charge in [0.15, 0.2) is 5.82 Å². The SMILES string of the molecule is Cc1cccc(C2(C(=O)Nc3ccn(CC(N)=O)n3)CC2)c1. The molecule has 0 radical (unpaired) electrons. The number of primary amides is 1. The Bertz CT molecular complexity index is 731. The van der Waals surface area contributed by atoms with Crippen molar-refractivity contribution in [2.24, 2.45) is 5.73 Å². The van der Waals surface area contributed by atoms with E-state index >= 15 is 0 Å². The molecule has 6 heteroatoms. The van der Waals surface area contributed by atoms with Gasteiger partial charge in [-0.1, -0.05) is 29.8 Å². The Hall–Kier alpha value is -2.63. The zero-order valence-corrected chi connectivity index (χ0v) is 12.4. The minimum absolute atomic E-state index is 0.00110. The van der Waals surface area contributed by atoms with Crippen LogP contribution in [-0.2, 0) is 21.5 Å². The largest absolute Gasteiger partial charge is 0.368 e. The van der Waals surface area contributed by atoms with E-state index in [4.69, 9.17) is 5.73 Å². The first-order valence-electron chi connectivity index (χ1n) is 7.20. The van der Waals surface area contributed by atoms with E-state index in [1.165, 1.54) is 4.68 Å². The van der Waals surface area contributed by atoms with Crippen LogP contribution in [0.5, 0.6) is 0 Å². The lowest BCUT2D eigenvalue weighted by molar-refractivity contribution is -0.119. The molecule has 0 saturated heterocycles. The summed E-state index contributed by atoms with van der Waals surface area (Å²) < 4.78 is 1.41. The molecule has 22 heavy (non-hydrogen) atoms. The molecule has 1 heterocycles. The number of carbonyl (C=O) groups excluding carboxylic acids is 2. The number of anilines is 1. The first-order valence-corrected chi connectivity index (χ1v) is 7.20. The van der Waals surface area contributed by atoms with Crippen molar-refractivity contribution >= 4 is 17.6 Å². The summed E-state index contributed by atoms with van der Waals surface area (Å²) >= 11 is 0. The van der Waals surface area contributed by atoms with Gasteiger partial charge in [-0.2, -0.15) is 5.10 Å². The van der Waals surface area contributed by atoms with E-state index in [0.717, 1.165) is 24.0 Å². The number of carbonyl (C=O) groups is 2. The van der Waals surface area contributed by atoms with E-state index < -0.39 is 11.3 Å². The Balaban J connectivity index is 1.74. The van der Waals surface area contributed by atoms with Crippen molar-refractivity contribution in [2.75, 3.05) is 5.32 Å². The standard InChI is InChI=1S/C16H18N4O2/c1-11-3-2-4-12(9-11)16(6-7-16)15(22)18-14-5-8-20(19-14)10-13(17)21/h2-5,8-9H,6-7,10H2,1H3,(H2,17,21)(H,18,19,22). The van der Waals surface area contributed by atoms with Crippen LogP contribution >= 0.6 is 0 Å². The molecule has 0 spiro atoms. The molecule has 0 unspecified atom stereocenters. The van der Waals surface area contributed by atoms with Crippen LogP contribution < -0.4 is 11.1 Å². The number of aryl methyl sites for hydroxylation is 1. The van der Waals surface area contributed by atoms with Gasteiger partial charge < -0.3 is 11.1 Å². The van der Waals surface area contributed by atoms with Crippen LogP contribution in [0.15, 0.2) is 36.5 Å². The lowest BCUT2D eigenvalue weighted by Gasteiger charge is -2.15. The maximum Gasteiger partial charge on any atom is 0.239 e. The highest BCUT2D eigenvalue weighted by atomic mass is 16.2. The van der Waals surface area contributed by atoms with Gasteiger partial charge in [0.05, 0.1) is 5.41 Å². The van der Waals surface area contributed by atoms with Gasteiger partial charge in [-0.25, -0.2) is 0 Å². The second-order valence-corrected chi connectivity index (χ2v) is 5.77. The zero-order chi connectivity index (χ0) is 15.7. The first kappa shape index (κ1) is 14.3. The molecule has 1 saturated carbocycles. The number of amides is 2. The number of hydrogen-bond donors (Lipinski definition) is 2. The molecule has 114 valence electrons. The van der Waals surface area contributed by atoms with Gasteiger partial charge in [-0.05, 0) is 25.3 Å². The van der Waals surface area contributed by atoms with Crippen molar-refractivity contribution in [3.05, 3.63) is 47.7 Å². The molecule has 0 bridgehead atoms. The highest BCUT2D eigenvalue weighted by Gasteiger charge is 2.51. The molecule has 1 aliphatic rings. The monoisotopic (exact) mass is 298 g/mol. The van der Waals surface area contributed by atoms with Crippen LogP contribution in [0.2, 0.25) is 0 Å². The maximum atomic E-state index is 12.6. The number of hydrogen-bond acceptors (Lipinski definition) is 3. The Kier molecular flexibility index (Phi) is 3.44. The average Bonchev–Trinajstić information content (AvgIpc) is 3.16. The molecular formula is C16H18N4O2. The van der Waals surface area contributed by atoms with Crippen molar-refractivity contribution in [3.63, 3.8) is 0 Å². The van der Waals surface area contributed by atoms with Crippen LogP contribution in [0, 0.1) is 6.92 Å². The molecule has 1 aromatic heterocycles. The molecule has 0 aliphatic heterocycles. The van der Waals surface area contributed by atoms with E-state index in [1.807, 2.05) is 25.1 Å². The number of nitrogens with zero attached hydrogens (tertiary/aromatic N) is 2. The molecule has 1 fully saturated rings. The van der Waals surface area contributed by atoms with Crippen molar-refractivity contribution in [1.29, 1.82) is 0 Å². The number of benzene rings is 1. The summed E-state index contributed by atoms with van der Waals surface area (Å²) in [6.07, 6.45) is 3.29. The summed E-state index contributed by atoms with van der Waals surface area (Å²) in [5.74, 6) is -0.0907. The fourth-order valence-corrected chi connectivity index (χ4v) is 2.63. The fourth-order valence-electron chi connectivity index (χ4n) is 2.63. The molecular weight excluding hydrogens is 280 g/mol. The third kappa shape index (κ3) is 2.72. The van der Waals surface area contributed by atoms with E-state index in [2.05, 4.69) is 16.5 Å². The van der Waals surface area contributed by atoms with Gasteiger partial charge in [-0.3, -0.25) is 14.3 Å². The number of aromatic nitrogens is 2. The van der Waals surface area contributed by atoms with Gasteiger partial charge in [0, 0.05) is 12.3 Å². The highest BCUT2D eigenvalue weighted by molar-refractivity contribution is 6.00. The van der Waals surface area contributed by atoms with Crippen molar-refractivity contribution < 1.29 is 9.59 Å². The molecule has 3 N–H and O–H groups in total. The number of nitrogens with two attached hydrogens (primary N) is 1. The predicted molar refractivity (Wildman–Crippen MR) is 82.1 cm³/mol. The minimum atomic E-state index is -0.473. The minimum Gasteiger partial charge on any atom is -0.368 e. The molecule has 0 atom stereocenters. The van der Waals surface area contributed by atoms with Crippen LogP contribution in [0.25, 0.3) is 0 Å². The summed E-state index contributed by atoms with van der Waals surface area (Å²) in [4.78, 5) is 23.4. The molecule has 3 rings (SSSR count). The summed E-state index contributed by atoms with van der Waals surface area (Å²) in [5.41, 5.74) is 6.86. The van der Waals surface area contributed by atoms with Gasteiger partial charge in [0.2, 0.25) is 11.8 Å².